The molecule has 0 aliphatic heterocycles. The zero-order valence-electron chi connectivity index (χ0n) is 17.7. The molecule has 0 radical (unpaired) electrons. The number of aromatic nitrogens is 3. The van der Waals surface area contributed by atoms with Gasteiger partial charge in [-0.05, 0) is 43.2 Å². The van der Waals surface area contributed by atoms with Crippen molar-refractivity contribution in [3.63, 3.8) is 0 Å². The van der Waals surface area contributed by atoms with Crippen LogP contribution in [-0.4, -0.2) is 26.3 Å². The second-order valence-electron chi connectivity index (χ2n) is 7.36. The monoisotopic (exact) mass is 464 g/mol. The summed E-state index contributed by atoms with van der Waals surface area (Å²) in [7, 11) is 0. The van der Waals surface area contributed by atoms with Gasteiger partial charge in [-0.15, -0.1) is 0 Å². The summed E-state index contributed by atoms with van der Waals surface area (Å²) in [5.41, 5.74) is -3.74. The average molecular weight is 464 g/mol. The third-order valence-electron chi connectivity index (χ3n) is 4.97. The molecule has 7 nitrogen and oxygen atoms in total. The van der Waals surface area contributed by atoms with Crippen molar-refractivity contribution >= 4 is 5.91 Å². The van der Waals surface area contributed by atoms with Crippen LogP contribution in [0.3, 0.4) is 0 Å². The number of nitrogens with one attached hydrogen (secondary N) is 1. The lowest BCUT2D eigenvalue weighted by Gasteiger charge is -2.15. The molecular formula is C22H20F4N4O3. The van der Waals surface area contributed by atoms with Crippen LogP contribution in [0.15, 0.2) is 58.1 Å². The minimum absolute atomic E-state index is 0.196. The van der Waals surface area contributed by atoms with Crippen LogP contribution in [-0.2, 0) is 12.7 Å². The quantitative estimate of drug-likeness (QED) is 0.568. The molecule has 3 aromatic rings. The van der Waals surface area contributed by atoms with Crippen molar-refractivity contribution in [3.05, 3.63) is 92.0 Å². The number of amides is 1. The molecule has 1 aromatic heterocycles. The second-order valence-corrected chi connectivity index (χ2v) is 7.36. The molecule has 0 unspecified atom stereocenters. The van der Waals surface area contributed by atoms with Crippen molar-refractivity contribution in [1.82, 2.24) is 19.7 Å². The number of rotatable bonds is 6. The van der Waals surface area contributed by atoms with Gasteiger partial charge in [-0.25, -0.2) is 9.18 Å². The van der Waals surface area contributed by atoms with E-state index in [2.05, 4.69) is 10.4 Å². The standard InChI is InChI=1S/C22H20F4N4O3/c1-3-13(2)27-19(31)18-20(32)29(12-14-8-10-15(11-9-14)22(24,25)26)21(33)30(28-18)17-7-5-4-6-16(17)23/h4-11,13H,3,12H2,1-2H3,(H,27,31)/t13-/m0/s1. The molecule has 0 saturated heterocycles. The van der Waals surface area contributed by atoms with Crippen LogP contribution >= 0.6 is 0 Å². The Bertz CT molecular complexity index is 1280. The Morgan fingerprint density at radius 1 is 1.09 bits per heavy atom. The van der Waals surface area contributed by atoms with Crippen molar-refractivity contribution in [2.45, 2.75) is 39.0 Å². The third-order valence-corrected chi connectivity index (χ3v) is 4.97. The highest BCUT2D eigenvalue weighted by Crippen LogP contribution is 2.29. The smallest absolute Gasteiger partial charge is 0.348 e. The maximum atomic E-state index is 14.4. The molecule has 0 aliphatic rings. The highest BCUT2D eigenvalue weighted by atomic mass is 19.4. The highest BCUT2D eigenvalue weighted by molar-refractivity contribution is 5.91. The van der Waals surface area contributed by atoms with E-state index in [0.717, 1.165) is 30.3 Å². The van der Waals surface area contributed by atoms with E-state index in [1.807, 2.05) is 6.92 Å². The van der Waals surface area contributed by atoms with Gasteiger partial charge in [0.2, 0.25) is 5.69 Å². The molecule has 174 valence electrons. The first kappa shape index (κ1) is 23.9. The minimum Gasteiger partial charge on any atom is -0.348 e. The van der Waals surface area contributed by atoms with Crippen molar-refractivity contribution in [2.24, 2.45) is 0 Å². The van der Waals surface area contributed by atoms with Gasteiger partial charge in [0.1, 0.15) is 11.5 Å². The molecule has 0 spiro atoms. The zero-order valence-corrected chi connectivity index (χ0v) is 17.7. The highest BCUT2D eigenvalue weighted by Gasteiger charge is 2.30. The van der Waals surface area contributed by atoms with Crippen molar-refractivity contribution in [3.8, 4) is 5.69 Å². The Balaban J connectivity index is 2.16. The van der Waals surface area contributed by atoms with Crippen LogP contribution in [0.4, 0.5) is 17.6 Å². The van der Waals surface area contributed by atoms with E-state index < -0.39 is 47.0 Å². The van der Waals surface area contributed by atoms with Gasteiger partial charge in [0.05, 0.1) is 12.1 Å². The molecule has 11 heteroatoms. The normalized spacial score (nSPS) is 12.4. The Labute approximate surface area is 185 Å². The van der Waals surface area contributed by atoms with E-state index in [1.54, 1.807) is 6.92 Å². The maximum Gasteiger partial charge on any atom is 0.416 e. The average Bonchev–Trinajstić information content (AvgIpc) is 2.77. The van der Waals surface area contributed by atoms with Crippen LogP contribution in [0.25, 0.3) is 5.69 Å². The van der Waals surface area contributed by atoms with Crippen LogP contribution in [0.5, 0.6) is 0 Å². The molecule has 33 heavy (non-hydrogen) atoms. The number of nitrogens with zero attached hydrogens (tertiary/aromatic N) is 3. The Morgan fingerprint density at radius 2 is 1.73 bits per heavy atom. The molecule has 0 bridgehead atoms. The summed E-state index contributed by atoms with van der Waals surface area (Å²) < 4.78 is 54.1. The first-order valence-corrected chi connectivity index (χ1v) is 9.99. The number of hydrogen-bond donors (Lipinski definition) is 1. The molecule has 1 heterocycles. The molecule has 1 amide bonds. The first-order chi connectivity index (χ1) is 15.5. The van der Waals surface area contributed by atoms with Gasteiger partial charge in [-0.2, -0.15) is 23.0 Å². The summed E-state index contributed by atoms with van der Waals surface area (Å²) in [5, 5.41) is 6.37. The lowest BCUT2D eigenvalue weighted by molar-refractivity contribution is -0.137. The molecule has 0 aliphatic carbocycles. The predicted molar refractivity (Wildman–Crippen MR) is 112 cm³/mol. The van der Waals surface area contributed by atoms with Gasteiger partial charge >= 0.3 is 11.9 Å². The SMILES string of the molecule is CC[C@H](C)NC(=O)c1nn(-c2ccccc2F)c(=O)n(Cc2ccc(C(F)(F)F)cc2)c1=O. The van der Waals surface area contributed by atoms with E-state index in [1.165, 1.54) is 18.2 Å². The van der Waals surface area contributed by atoms with Gasteiger partial charge < -0.3 is 5.32 Å². The van der Waals surface area contributed by atoms with E-state index in [4.69, 9.17) is 0 Å². The van der Waals surface area contributed by atoms with Crippen LogP contribution in [0.2, 0.25) is 0 Å². The van der Waals surface area contributed by atoms with Crippen molar-refractivity contribution in [2.75, 3.05) is 0 Å². The molecule has 1 N–H and O–H groups in total. The molecule has 0 saturated carbocycles. The van der Waals surface area contributed by atoms with E-state index in [0.29, 0.717) is 15.7 Å². The number of benzene rings is 2. The zero-order chi connectivity index (χ0) is 24.3. The number of halogens is 4. The van der Waals surface area contributed by atoms with Crippen molar-refractivity contribution in [1.29, 1.82) is 0 Å². The second kappa shape index (κ2) is 9.39. The summed E-state index contributed by atoms with van der Waals surface area (Å²) >= 11 is 0. The molecule has 0 fully saturated rings. The lowest BCUT2D eigenvalue weighted by atomic mass is 10.1. The number of alkyl halides is 3. The number of hydrogen-bond acceptors (Lipinski definition) is 4. The third kappa shape index (κ3) is 5.18. The van der Waals surface area contributed by atoms with Gasteiger partial charge in [0.25, 0.3) is 11.5 Å². The summed E-state index contributed by atoms with van der Waals surface area (Å²) in [6, 6.07) is 8.69. The van der Waals surface area contributed by atoms with E-state index >= 15 is 0 Å². The number of para-hydroxylation sites is 1. The van der Waals surface area contributed by atoms with Crippen molar-refractivity contribution < 1.29 is 22.4 Å². The fraction of sp³-hybridized carbons (Fsp3) is 0.273. The van der Waals surface area contributed by atoms with Crippen LogP contribution < -0.4 is 16.6 Å². The largest absolute Gasteiger partial charge is 0.416 e. The lowest BCUT2D eigenvalue weighted by Crippen LogP contribution is -2.47. The van der Waals surface area contributed by atoms with Gasteiger partial charge in [-0.1, -0.05) is 31.2 Å². The Hall–Kier alpha value is -3.76. The summed E-state index contributed by atoms with van der Waals surface area (Å²) in [5.74, 6) is -1.68. The van der Waals surface area contributed by atoms with Crippen LogP contribution in [0, 0.1) is 5.82 Å². The Kier molecular flexibility index (Phi) is 6.80. The number of carbonyl (C=O) groups is 1. The fourth-order valence-electron chi connectivity index (χ4n) is 2.95. The minimum atomic E-state index is -4.55. The summed E-state index contributed by atoms with van der Waals surface area (Å²) in [6.07, 6.45) is -4.00. The molecular weight excluding hydrogens is 444 g/mol. The number of carbonyl (C=O) groups excluding carboxylic acids is 1. The van der Waals surface area contributed by atoms with Crippen LogP contribution in [0.1, 0.15) is 41.9 Å². The Morgan fingerprint density at radius 3 is 2.30 bits per heavy atom. The first-order valence-electron chi connectivity index (χ1n) is 9.99. The maximum absolute atomic E-state index is 14.4. The summed E-state index contributed by atoms with van der Waals surface area (Å²) in [6.45, 7) is 3.06. The van der Waals surface area contributed by atoms with Gasteiger partial charge in [-0.3, -0.25) is 14.2 Å². The van der Waals surface area contributed by atoms with Gasteiger partial charge in [0, 0.05) is 6.04 Å². The molecule has 1 atom stereocenters. The topological polar surface area (TPSA) is 86.0 Å². The van der Waals surface area contributed by atoms with E-state index in [9.17, 15) is 31.9 Å². The predicted octanol–water partition coefficient (Wildman–Crippen LogP) is 3.13. The fourth-order valence-corrected chi connectivity index (χ4v) is 2.95. The van der Waals surface area contributed by atoms with E-state index in [-0.39, 0.29) is 17.3 Å². The summed E-state index contributed by atoms with van der Waals surface area (Å²) in [4.78, 5) is 38.6. The van der Waals surface area contributed by atoms with Gasteiger partial charge in [0.15, 0.2) is 0 Å². The molecule has 2 aromatic carbocycles. The molecule has 3 rings (SSSR count).